The van der Waals surface area contributed by atoms with Gasteiger partial charge in [-0.05, 0) is 53.1 Å². The van der Waals surface area contributed by atoms with Crippen molar-refractivity contribution in [3.05, 3.63) is 60.0 Å². The number of likely N-dealkylation sites (N-methyl/N-ethyl adjacent to an activating group) is 1. The van der Waals surface area contributed by atoms with E-state index in [4.69, 9.17) is 9.47 Å². The van der Waals surface area contributed by atoms with Crippen molar-refractivity contribution in [1.29, 1.82) is 0 Å². The Bertz CT molecular complexity index is 1230. The van der Waals surface area contributed by atoms with Crippen molar-refractivity contribution < 1.29 is 19.1 Å². The van der Waals surface area contributed by atoms with Crippen LogP contribution in [0.25, 0.3) is 11.3 Å². The van der Waals surface area contributed by atoms with Gasteiger partial charge in [-0.25, -0.2) is 4.79 Å². The van der Waals surface area contributed by atoms with Crippen LogP contribution >= 0.6 is 0 Å². The maximum atomic E-state index is 13.4. The first-order valence-corrected chi connectivity index (χ1v) is 11.9. The van der Waals surface area contributed by atoms with Gasteiger partial charge in [0.15, 0.2) is 5.78 Å². The first-order chi connectivity index (χ1) is 17.1. The van der Waals surface area contributed by atoms with Gasteiger partial charge in [0, 0.05) is 29.7 Å². The van der Waals surface area contributed by atoms with E-state index in [2.05, 4.69) is 15.3 Å². The largest absolute Gasteiger partial charge is 0.490 e. The summed E-state index contributed by atoms with van der Waals surface area (Å²) in [6, 6.07) is 11.5. The van der Waals surface area contributed by atoms with Gasteiger partial charge in [-0.1, -0.05) is 18.2 Å². The molecule has 3 heterocycles. The summed E-state index contributed by atoms with van der Waals surface area (Å²) in [5.74, 6) is 0.428. The van der Waals surface area contributed by atoms with Gasteiger partial charge in [0.25, 0.3) is 0 Å². The SMILES string of the molecule is CN(C)CCOc1cnccc1-c1[nH]c2c(c1Nc1ccccc1)C(=O)CN(C(=O)OC(C)(C)C)C2. The summed E-state index contributed by atoms with van der Waals surface area (Å²) in [6.45, 7) is 6.80. The lowest BCUT2D eigenvalue weighted by Crippen LogP contribution is -2.42. The molecule has 0 aliphatic carbocycles. The maximum Gasteiger partial charge on any atom is 0.411 e. The molecule has 190 valence electrons. The highest BCUT2D eigenvalue weighted by Crippen LogP contribution is 2.41. The number of hydrogen-bond acceptors (Lipinski definition) is 7. The number of nitrogens with one attached hydrogen (secondary N) is 2. The number of ketones is 1. The van der Waals surface area contributed by atoms with Gasteiger partial charge in [0.2, 0.25) is 0 Å². The predicted molar refractivity (Wildman–Crippen MR) is 139 cm³/mol. The second kappa shape index (κ2) is 10.4. The number of Topliss-reactive ketones (excluding diaryl/α,β-unsaturated/α-hetero) is 1. The Morgan fingerprint density at radius 2 is 1.92 bits per heavy atom. The van der Waals surface area contributed by atoms with Gasteiger partial charge in [0.1, 0.15) is 18.0 Å². The summed E-state index contributed by atoms with van der Waals surface area (Å²) >= 11 is 0. The lowest BCUT2D eigenvalue weighted by Gasteiger charge is -2.29. The molecule has 1 amide bonds. The van der Waals surface area contributed by atoms with E-state index in [0.717, 1.165) is 17.8 Å². The minimum absolute atomic E-state index is 0.0643. The van der Waals surface area contributed by atoms with Gasteiger partial charge in [-0.3, -0.25) is 14.7 Å². The third-order valence-electron chi connectivity index (χ3n) is 5.58. The molecule has 0 radical (unpaired) electrons. The number of amides is 1. The Morgan fingerprint density at radius 3 is 2.61 bits per heavy atom. The Kier molecular flexibility index (Phi) is 7.30. The number of carbonyl (C=O) groups excluding carboxylic acids is 2. The fourth-order valence-corrected chi connectivity index (χ4v) is 3.97. The molecule has 0 spiro atoms. The summed E-state index contributed by atoms with van der Waals surface area (Å²) < 4.78 is 11.6. The van der Waals surface area contributed by atoms with Gasteiger partial charge in [-0.2, -0.15) is 0 Å². The molecule has 9 heteroatoms. The minimum Gasteiger partial charge on any atom is -0.490 e. The van der Waals surface area contributed by atoms with E-state index < -0.39 is 11.7 Å². The van der Waals surface area contributed by atoms with Crippen LogP contribution in [-0.2, 0) is 11.3 Å². The van der Waals surface area contributed by atoms with Crippen molar-refractivity contribution in [1.82, 2.24) is 19.8 Å². The second-order valence-corrected chi connectivity index (χ2v) is 10.0. The molecule has 0 saturated carbocycles. The number of anilines is 2. The van der Waals surface area contributed by atoms with Crippen LogP contribution in [0.3, 0.4) is 0 Å². The van der Waals surface area contributed by atoms with Crippen molar-refractivity contribution in [3.63, 3.8) is 0 Å². The highest BCUT2D eigenvalue weighted by Gasteiger charge is 2.35. The average Bonchev–Trinajstić information content (AvgIpc) is 3.17. The average molecular weight is 492 g/mol. The fourth-order valence-electron chi connectivity index (χ4n) is 3.97. The van der Waals surface area contributed by atoms with Crippen LogP contribution in [0.5, 0.6) is 5.75 Å². The van der Waals surface area contributed by atoms with Crippen molar-refractivity contribution in [2.45, 2.75) is 32.9 Å². The predicted octanol–water partition coefficient (Wildman–Crippen LogP) is 4.69. The number of H-pyrrole nitrogens is 1. The summed E-state index contributed by atoms with van der Waals surface area (Å²) in [5.41, 5.74) is 3.47. The number of carbonyl (C=O) groups is 2. The lowest BCUT2D eigenvalue weighted by atomic mass is 10.0. The number of aromatic nitrogens is 2. The van der Waals surface area contributed by atoms with E-state index in [1.165, 1.54) is 4.90 Å². The van der Waals surface area contributed by atoms with E-state index in [1.807, 2.05) is 55.4 Å². The molecule has 1 aromatic carbocycles. The fraction of sp³-hybridized carbons (Fsp3) is 0.370. The lowest BCUT2D eigenvalue weighted by molar-refractivity contribution is 0.0218. The highest BCUT2D eigenvalue weighted by molar-refractivity contribution is 6.09. The maximum absolute atomic E-state index is 13.4. The molecular formula is C27H33N5O4. The van der Waals surface area contributed by atoms with Crippen LogP contribution in [0.1, 0.15) is 36.8 Å². The quantitative estimate of drug-likeness (QED) is 0.494. The third-order valence-corrected chi connectivity index (χ3v) is 5.58. The van der Waals surface area contributed by atoms with Crippen molar-refractivity contribution in [3.8, 4) is 17.0 Å². The van der Waals surface area contributed by atoms with Gasteiger partial charge in [-0.15, -0.1) is 0 Å². The molecule has 4 rings (SSSR count). The van der Waals surface area contributed by atoms with E-state index in [0.29, 0.717) is 35.0 Å². The van der Waals surface area contributed by atoms with Gasteiger partial charge in [0.05, 0.1) is 36.2 Å². The van der Waals surface area contributed by atoms with Gasteiger partial charge >= 0.3 is 6.09 Å². The number of rotatable bonds is 7. The monoisotopic (exact) mass is 491 g/mol. The second-order valence-electron chi connectivity index (χ2n) is 10.0. The number of aromatic amines is 1. The number of para-hydroxylation sites is 1. The molecule has 0 fully saturated rings. The zero-order valence-electron chi connectivity index (χ0n) is 21.4. The Hall–Kier alpha value is -3.85. The standard InChI is InChI=1S/C27H33N5O4/c1-27(2,3)36-26(34)32-16-20-23(21(33)17-32)25(29-18-9-7-6-8-10-18)24(30-20)19-11-12-28-15-22(19)35-14-13-31(4)5/h6-12,15,29-30H,13-14,16-17H2,1-5H3. The number of pyridine rings is 1. The van der Waals surface area contributed by atoms with Crippen LogP contribution in [0.15, 0.2) is 48.8 Å². The van der Waals surface area contributed by atoms with Crippen molar-refractivity contribution in [2.24, 2.45) is 0 Å². The normalized spacial score (nSPS) is 13.5. The molecule has 2 aromatic heterocycles. The van der Waals surface area contributed by atoms with Crippen LogP contribution in [-0.4, -0.2) is 71.0 Å². The van der Waals surface area contributed by atoms with Crippen LogP contribution < -0.4 is 10.1 Å². The molecule has 3 aromatic rings. The number of nitrogens with zero attached hydrogens (tertiary/aromatic N) is 3. The van der Waals surface area contributed by atoms with Crippen LogP contribution in [0.2, 0.25) is 0 Å². The summed E-state index contributed by atoms with van der Waals surface area (Å²) in [5, 5.41) is 3.42. The van der Waals surface area contributed by atoms with Crippen LogP contribution in [0, 0.1) is 0 Å². The number of benzene rings is 1. The summed E-state index contributed by atoms with van der Waals surface area (Å²) in [7, 11) is 3.97. The first kappa shape index (κ1) is 25.2. The molecule has 1 aliphatic heterocycles. The molecule has 36 heavy (non-hydrogen) atoms. The first-order valence-electron chi connectivity index (χ1n) is 11.9. The van der Waals surface area contributed by atoms with Gasteiger partial charge < -0.3 is 24.7 Å². The Labute approximate surface area is 211 Å². The Balaban J connectivity index is 1.75. The smallest absolute Gasteiger partial charge is 0.411 e. The number of fused-ring (bicyclic) bond motifs is 1. The summed E-state index contributed by atoms with van der Waals surface area (Å²) in [6.07, 6.45) is 2.84. The highest BCUT2D eigenvalue weighted by atomic mass is 16.6. The molecule has 9 nitrogen and oxygen atoms in total. The minimum atomic E-state index is -0.656. The van der Waals surface area contributed by atoms with E-state index in [9.17, 15) is 9.59 Å². The molecule has 0 bridgehead atoms. The number of ether oxygens (including phenoxy) is 2. The number of hydrogen-bond donors (Lipinski definition) is 2. The van der Waals surface area contributed by atoms with Crippen molar-refractivity contribution >= 4 is 23.3 Å². The molecule has 1 aliphatic rings. The molecule has 0 atom stereocenters. The molecule has 0 unspecified atom stereocenters. The zero-order chi connectivity index (χ0) is 25.9. The molecule has 2 N–H and O–H groups in total. The Morgan fingerprint density at radius 1 is 1.17 bits per heavy atom. The topological polar surface area (TPSA) is 99.8 Å². The van der Waals surface area contributed by atoms with E-state index in [1.54, 1.807) is 33.2 Å². The van der Waals surface area contributed by atoms with Crippen molar-refractivity contribution in [2.75, 3.05) is 39.1 Å². The van der Waals surface area contributed by atoms with Crippen LogP contribution in [0.4, 0.5) is 16.2 Å². The summed E-state index contributed by atoms with van der Waals surface area (Å²) in [4.78, 5) is 37.2. The zero-order valence-corrected chi connectivity index (χ0v) is 21.4. The molecular weight excluding hydrogens is 458 g/mol. The van der Waals surface area contributed by atoms with E-state index in [-0.39, 0.29) is 18.9 Å². The van der Waals surface area contributed by atoms with E-state index >= 15 is 0 Å². The molecule has 0 saturated heterocycles. The third kappa shape index (κ3) is 5.85.